The van der Waals surface area contributed by atoms with Crippen LogP contribution in [-0.4, -0.2) is 31.1 Å². The van der Waals surface area contributed by atoms with E-state index in [0.29, 0.717) is 12.5 Å². The van der Waals surface area contributed by atoms with Crippen LogP contribution < -0.4 is 10.5 Å². The summed E-state index contributed by atoms with van der Waals surface area (Å²) in [4.78, 5) is 6.68. The van der Waals surface area contributed by atoms with Gasteiger partial charge in [0.05, 0.1) is 13.7 Å². The van der Waals surface area contributed by atoms with Crippen molar-refractivity contribution < 1.29 is 4.74 Å². The molecule has 0 radical (unpaired) electrons. The normalized spacial score (nSPS) is 15.7. The minimum Gasteiger partial charge on any atom is -0.497 e. The van der Waals surface area contributed by atoms with Gasteiger partial charge in [-0.25, -0.2) is 4.99 Å². The van der Waals surface area contributed by atoms with Crippen LogP contribution in [-0.2, 0) is 6.54 Å². The van der Waals surface area contributed by atoms with Crippen LogP contribution in [0.15, 0.2) is 23.2 Å². The maximum absolute atomic E-state index is 6.05. The second-order valence-electron chi connectivity index (χ2n) is 5.08. The number of likely N-dealkylation sites (tertiary alicyclic amines) is 1. The summed E-state index contributed by atoms with van der Waals surface area (Å²) in [6, 6.07) is 6.15. The van der Waals surface area contributed by atoms with Gasteiger partial charge in [0.15, 0.2) is 5.96 Å². The lowest BCUT2D eigenvalue weighted by molar-refractivity contribution is 0.338. The number of nitrogens with zero attached hydrogens (tertiary/aromatic N) is 2. The van der Waals surface area contributed by atoms with Gasteiger partial charge < -0.3 is 15.4 Å². The molecule has 1 fully saturated rings. The fourth-order valence-electron chi connectivity index (χ4n) is 2.43. The number of benzene rings is 1. The lowest BCUT2D eigenvalue weighted by Gasteiger charge is -2.27. The van der Waals surface area contributed by atoms with E-state index in [1.807, 2.05) is 12.1 Å². The highest BCUT2D eigenvalue weighted by atomic mass is 127. The first-order valence-corrected chi connectivity index (χ1v) is 6.88. The molecule has 1 aromatic carbocycles. The number of hydrogen-bond acceptors (Lipinski definition) is 2. The molecule has 4 nitrogen and oxygen atoms in total. The zero-order chi connectivity index (χ0) is 13.7. The molecule has 0 aliphatic carbocycles. The van der Waals surface area contributed by atoms with Crippen LogP contribution in [0.2, 0.25) is 0 Å². The summed E-state index contributed by atoms with van der Waals surface area (Å²) in [6.45, 7) is 4.74. The van der Waals surface area contributed by atoms with E-state index in [1.54, 1.807) is 7.11 Å². The molecule has 1 saturated heterocycles. The maximum atomic E-state index is 6.05. The lowest BCUT2D eigenvalue weighted by Crippen LogP contribution is -2.40. The molecule has 0 saturated carbocycles. The molecule has 0 spiro atoms. The predicted molar refractivity (Wildman–Crippen MR) is 93.9 cm³/mol. The Balaban J connectivity index is 0.00000200. The van der Waals surface area contributed by atoms with Gasteiger partial charge in [-0.05, 0) is 49.4 Å². The largest absolute Gasteiger partial charge is 0.497 e. The summed E-state index contributed by atoms with van der Waals surface area (Å²) in [5.74, 6) is 1.54. The van der Waals surface area contributed by atoms with Crippen molar-refractivity contribution >= 4 is 29.9 Å². The number of methoxy groups -OCH3 is 1. The van der Waals surface area contributed by atoms with Crippen LogP contribution in [0.3, 0.4) is 0 Å². The number of hydrogen-bond donors (Lipinski definition) is 1. The molecule has 0 aromatic heterocycles. The Kier molecular flexibility index (Phi) is 7.12. The number of ether oxygens (including phenoxy) is 1. The van der Waals surface area contributed by atoms with Gasteiger partial charge in [0, 0.05) is 13.1 Å². The molecule has 2 rings (SSSR count). The molecule has 1 aliphatic heterocycles. The van der Waals surface area contributed by atoms with Crippen molar-refractivity contribution in [3.63, 3.8) is 0 Å². The molecule has 5 heteroatoms. The Labute approximate surface area is 138 Å². The van der Waals surface area contributed by atoms with Gasteiger partial charge in [-0.15, -0.1) is 24.0 Å². The third-order valence-electron chi connectivity index (χ3n) is 3.45. The molecular weight excluding hydrogens is 365 g/mol. The molecule has 20 heavy (non-hydrogen) atoms. The third-order valence-corrected chi connectivity index (χ3v) is 3.45. The molecule has 0 bridgehead atoms. The van der Waals surface area contributed by atoms with E-state index >= 15 is 0 Å². The molecule has 2 N–H and O–H groups in total. The van der Waals surface area contributed by atoms with Crippen LogP contribution in [0.1, 0.15) is 30.4 Å². The topological polar surface area (TPSA) is 50.9 Å². The second kappa shape index (κ2) is 8.34. The quantitative estimate of drug-likeness (QED) is 0.492. The van der Waals surface area contributed by atoms with Crippen LogP contribution in [0.25, 0.3) is 0 Å². The molecule has 1 aliphatic rings. The van der Waals surface area contributed by atoms with Gasteiger partial charge in [-0.3, -0.25) is 0 Å². The average molecular weight is 389 g/mol. The van der Waals surface area contributed by atoms with E-state index in [-0.39, 0.29) is 24.0 Å². The minimum atomic E-state index is 0. The van der Waals surface area contributed by atoms with Crippen molar-refractivity contribution in [3.8, 4) is 5.75 Å². The molecule has 1 heterocycles. The van der Waals surface area contributed by atoms with E-state index in [2.05, 4.69) is 22.9 Å². The molecule has 1 aromatic rings. The zero-order valence-corrected chi connectivity index (χ0v) is 14.6. The first kappa shape index (κ1) is 17.1. The highest BCUT2D eigenvalue weighted by Crippen LogP contribution is 2.17. The fourth-order valence-corrected chi connectivity index (χ4v) is 2.43. The third kappa shape index (κ3) is 4.85. The number of aliphatic imine (C=N–C) groups is 1. The minimum absolute atomic E-state index is 0. The van der Waals surface area contributed by atoms with E-state index < -0.39 is 0 Å². The Bertz CT molecular complexity index is 456. The smallest absolute Gasteiger partial charge is 0.191 e. The highest BCUT2D eigenvalue weighted by molar-refractivity contribution is 14.0. The predicted octanol–water partition coefficient (Wildman–Crippen LogP) is 2.92. The lowest BCUT2D eigenvalue weighted by atomic mass is 10.1. The van der Waals surface area contributed by atoms with Gasteiger partial charge in [-0.1, -0.05) is 6.07 Å². The van der Waals surface area contributed by atoms with Crippen LogP contribution in [0.4, 0.5) is 0 Å². The van der Waals surface area contributed by atoms with Gasteiger partial charge in [0.25, 0.3) is 0 Å². The Morgan fingerprint density at radius 2 is 1.95 bits per heavy atom. The van der Waals surface area contributed by atoms with Gasteiger partial charge in [0.1, 0.15) is 5.75 Å². The van der Waals surface area contributed by atoms with Crippen molar-refractivity contribution in [2.45, 2.75) is 32.7 Å². The summed E-state index contributed by atoms with van der Waals surface area (Å²) in [7, 11) is 1.68. The van der Waals surface area contributed by atoms with Crippen LogP contribution in [0.5, 0.6) is 5.75 Å². The monoisotopic (exact) mass is 389 g/mol. The Hall–Kier alpha value is -0.980. The fraction of sp³-hybridized carbons (Fsp3) is 0.533. The molecule has 112 valence electrons. The van der Waals surface area contributed by atoms with Gasteiger partial charge >= 0.3 is 0 Å². The van der Waals surface area contributed by atoms with E-state index in [0.717, 1.165) is 24.4 Å². The number of rotatable bonds is 3. The highest BCUT2D eigenvalue weighted by Gasteiger charge is 2.11. The van der Waals surface area contributed by atoms with Gasteiger partial charge in [0.2, 0.25) is 0 Å². The number of guanidine groups is 1. The van der Waals surface area contributed by atoms with E-state index in [4.69, 9.17) is 10.5 Å². The van der Waals surface area contributed by atoms with Crippen molar-refractivity contribution in [1.82, 2.24) is 4.90 Å². The summed E-state index contributed by atoms with van der Waals surface area (Å²) >= 11 is 0. The van der Waals surface area contributed by atoms with Crippen molar-refractivity contribution in [1.29, 1.82) is 0 Å². The molecule has 0 unspecified atom stereocenters. The van der Waals surface area contributed by atoms with Crippen molar-refractivity contribution in [2.75, 3.05) is 20.2 Å². The maximum Gasteiger partial charge on any atom is 0.191 e. The van der Waals surface area contributed by atoms with E-state index in [1.165, 1.54) is 24.8 Å². The average Bonchev–Trinajstić information content (AvgIpc) is 2.45. The van der Waals surface area contributed by atoms with Crippen LogP contribution >= 0.6 is 24.0 Å². The number of piperidine rings is 1. The summed E-state index contributed by atoms with van der Waals surface area (Å²) in [5.41, 5.74) is 8.37. The summed E-state index contributed by atoms with van der Waals surface area (Å²) in [6.07, 6.45) is 3.74. The van der Waals surface area contributed by atoms with Crippen molar-refractivity contribution in [2.24, 2.45) is 10.7 Å². The second-order valence-corrected chi connectivity index (χ2v) is 5.08. The summed E-state index contributed by atoms with van der Waals surface area (Å²) in [5, 5.41) is 0. The van der Waals surface area contributed by atoms with E-state index in [9.17, 15) is 0 Å². The first-order chi connectivity index (χ1) is 9.19. The molecule has 0 amide bonds. The van der Waals surface area contributed by atoms with Crippen LogP contribution in [0, 0.1) is 6.92 Å². The summed E-state index contributed by atoms with van der Waals surface area (Å²) < 4.78 is 5.27. The van der Waals surface area contributed by atoms with Gasteiger partial charge in [-0.2, -0.15) is 0 Å². The number of halogens is 1. The molecular formula is C15H24IN3O. The number of aryl methyl sites for hydroxylation is 1. The number of nitrogens with two attached hydrogens (primary N) is 1. The first-order valence-electron chi connectivity index (χ1n) is 6.88. The Morgan fingerprint density at radius 3 is 2.60 bits per heavy atom. The SMILES string of the molecule is COc1cc(C)cc(CN=C(N)N2CCCCC2)c1.I. The zero-order valence-electron chi connectivity index (χ0n) is 12.3. The standard InChI is InChI=1S/C15H23N3O.HI/c1-12-8-13(10-14(9-12)19-2)11-17-15(16)18-6-4-3-5-7-18;/h8-10H,3-7,11H2,1-2H3,(H2,16,17);1H. The van der Waals surface area contributed by atoms with Crippen molar-refractivity contribution in [3.05, 3.63) is 29.3 Å². The Morgan fingerprint density at radius 1 is 1.25 bits per heavy atom. The molecule has 0 atom stereocenters.